The van der Waals surface area contributed by atoms with Crippen LogP contribution in [0.25, 0.3) is 0 Å². The quantitative estimate of drug-likeness (QED) is 0.468. The monoisotopic (exact) mass is 283 g/mol. The van der Waals surface area contributed by atoms with Crippen molar-refractivity contribution in [2.45, 2.75) is 33.6 Å². The Kier molecular flexibility index (Phi) is 6.15. The summed E-state index contributed by atoms with van der Waals surface area (Å²) in [4.78, 5) is 10.5. The van der Waals surface area contributed by atoms with Crippen molar-refractivity contribution in [3.05, 3.63) is 33.4 Å². The van der Waals surface area contributed by atoms with E-state index in [4.69, 9.17) is 4.74 Å². The molecule has 5 heteroatoms. The van der Waals surface area contributed by atoms with E-state index in [1.807, 2.05) is 6.92 Å². The average molecular weight is 283 g/mol. The van der Waals surface area contributed by atoms with E-state index in [9.17, 15) is 10.1 Å². The van der Waals surface area contributed by atoms with Crippen LogP contribution in [0.5, 0.6) is 5.75 Å². The Balaban J connectivity index is 2.68. The van der Waals surface area contributed by atoms with Gasteiger partial charge in [-0.2, -0.15) is 12.6 Å². The van der Waals surface area contributed by atoms with Crippen molar-refractivity contribution in [3.63, 3.8) is 0 Å². The van der Waals surface area contributed by atoms with Crippen LogP contribution in [0.4, 0.5) is 5.69 Å². The van der Waals surface area contributed by atoms with Gasteiger partial charge in [-0.1, -0.05) is 6.92 Å². The smallest absolute Gasteiger partial charge is 0.276 e. The second-order valence-electron chi connectivity index (χ2n) is 4.92. The molecule has 0 radical (unpaired) electrons. The van der Waals surface area contributed by atoms with Crippen LogP contribution < -0.4 is 4.74 Å². The Labute approximate surface area is 119 Å². The van der Waals surface area contributed by atoms with Crippen molar-refractivity contribution in [2.75, 3.05) is 12.4 Å². The van der Waals surface area contributed by atoms with Crippen molar-refractivity contribution < 1.29 is 9.66 Å². The minimum Gasteiger partial charge on any atom is -0.493 e. The highest BCUT2D eigenvalue weighted by Gasteiger charge is 2.14. The molecule has 0 bridgehead atoms. The van der Waals surface area contributed by atoms with E-state index in [0.29, 0.717) is 23.8 Å². The number of hydrogen-bond acceptors (Lipinski definition) is 4. The largest absolute Gasteiger partial charge is 0.493 e. The van der Waals surface area contributed by atoms with Crippen LogP contribution >= 0.6 is 12.6 Å². The summed E-state index contributed by atoms with van der Waals surface area (Å²) in [6.45, 7) is 6.38. The lowest BCUT2D eigenvalue weighted by Crippen LogP contribution is -2.06. The second kappa shape index (κ2) is 7.38. The molecule has 0 aromatic heterocycles. The summed E-state index contributed by atoms with van der Waals surface area (Å²) >= 11 is 4.20. The molecular formula is C14H21NO3S. The zero-order chi connectivity index (χ0) is 14.4. The summed E-state index contributed by atoms with van der Waals surface area (Å²) in [6.07, 6.45) is 1.99. The lowest BCUT2D eigenvalue weighted by atomic mass is 10.1. The van der Waals surface area contributed by atoms with Gasteiger partial charge in [0.15, 0.2) is 0 Å². The third-order valence-electron chi connectivity index (χ3n) is 3.18. The van der Waals surface area contributed by atoms with E-state index in [0.717, 1.165) is 24.2 Å². The highest BCUT2D eigenvalue weighted by Crippen LogP contribution is 2.28. The molecule has 1 atom stereocenters. The highest BCUT2D eigenvalue weighted by molar-refractivity contribution is 7.80. The Hall–Kier alpha value is -1.23. The summed E-state index contributed by atoms with van der Waals surface area (Å²) in [5, 5.41) is 10.9. The summed E-state index contributed by atoms with van der Waals surface area (Å²) < 4.78 is 5.67. The number of hydrogen-bond donors (Lipinski definition) is 1. The van der Waals surface area contributed by atoms with Gasteiger partial charge in [0.2, 0.25) is 0 Å². The van der Waals surface area contributed by atoms with E-state index in [1.165, 1.54) is 6.07 Å². The molecule has 0 fully saturated rings. The van der Waals surface area contributed by atoms with Crippen molar-refractivity contribution in [3.8, 4) is 5.75 Å². The van der Waals surface area contributed by atoms with Gasteiger partial charge in [-0.25, -0.2) is 0 Å². The Morgan fingerprint density at radius 1 is 1.32 bits per heavy atom. The predicted octanol–water partition coefficient (Wildman–Crippen LogP) is 3.94. The Morgan fingerprint density at radius 2 is 2.00 bits per heavy atom. The van der Waals surface area contributed by atoms with Crippen molar-refractivity contribution in [1.29, 1.82) is 0 Å². The highest BCUT2D eigenvalue weighted by atomic mass is 32.1. The zero-order valence-corrected chi connectivity index (χ0v) is 12.6. The molecule has 4 nitrogen and oxygen atoms in total. The first-order valence-corrected chi connectivity index (χ1v) is 7.08. The normalized spacial score (nSPS) is 12.2. The molecule has 0 spiro atoms. The zero-order valence-electron chi connectivity index (χ0n) is 11.7. The molecule has 1 rings (SSSR count). The molecule has 0 aliphatic carbocycles. The van der Waals surface area contributed by atoms with Crippen LogP contribution in [0.3, 0.4) is 0 Å². The SMILES string of the molecule is Cc1cc(C)c([N+](=O)[O-])cc1OCCC(C)CCS. The summed E-state index contributed by atoms with van der Waals surface area (Å²) in [5.74, 6) is 2.03. The Morgan fingerprint density at radius 3 is 2.58 bits per heavy atom. The number of thiol groups is 1. The van der Waals surface area contributed by atoms with Crippen LogP contribution in [0.1, 0.15) is 30.9 Å². The van der Waals surface area contributed by atoms with E-state index >= 15 is 0 Å². The molecule has 19 heavy (non-hydrogen) atoms. The average Bonchev–Trinajstić information content (AvgIpc) is 2.31. The third kappa shape index (κ3) is 4.74. The number of nitro benzene ring substituents is 1. The lowest BCUT2D eigenvalue weighted by Gasteiger charge is -2.13. The van der Waals surface area contributed by atoms with Crippen molar-refractivity contribution in [1.82, 2.24) is 0 Å². The summed E-state index contributed by atoms with van der Waals surface area (Å²) in [7, 11) is 0. The van der Waals surface area contributed by atoms with E-state index in [1.54, 1.807) is 13.0 Å². The summed E-state index contributed by atoms with van der Waals surface area (Å²) in [6, 6.07) is 3.32. The predicted molar refractivity (Wildman–Crippen MR) is 80.3 cm³/mol. The van der Waals surface area contributed by atoms with Crippen LogP contribution in [-0.4, -0.2) is 17.3 Å². The van der Waals surface area contributed by atoms with Gasteiger partial charge in [0, 0.05) is 5.56 Å². The number of rotatable bonds is 7. The minimum absolute atomic E-state index is 0.115. The lowest BCUT2D eigenvalue weighted by molar-refractivity contribution is -0.385. The topological polar surface area (TPSA) is 52.4 Å². The molecule has 0 aliphatic rings. The molecular weight excluding hydrogens is 262 g/mol. The molecule has 106 valence electrons. The number of nitrogens with zero attached hydrogens (tertiary/aromatic N) is 1. The first kappa shape index (κ1) is 15.8. The maximum atomic E-state index is 10.9. The molecule has 0 saturated heterocycles. The van der Waals surface area contributed by atoms with Gasteiger partial charge in [0.05, 0.1) is 17.6 Å². The van der Waals surface area contributed by atoms with E-state index in [-0.39, 0.29) is 10.6 Å². The number of benzene rings is 1. The van der Waals surface area contributed by atoms with Crippen LogP contribution in [0.15, 0.2) is 12.1 Å². The fourth-order valence-corrected chi connectivity index (χ4v) is 2.35. The van der Waals surface area contributed by atoms with Gasteiger partial charge >= 0.3 is 0 Å². The second-order valence-corrected chi connectivity index (χ2v) is 5.36. The molecule has 0 saturated carbocycles. The molecule has 1 aromatic rings. The van der Waals surface area contributed by atoms with Gasteiger partial charge in [0.25, 0.3) is 5.69 Å². The van der Waals surface area contributed by atoms with Crippen LogP contribution in [-0.2, 0) is 0 Å². The van der Waals surface area contributed by atoms with Crippen LogP contribution in [0.2, 0.25) is 0 Å². The van der Waals surface area contributed by atoms with Crippen molar-refractivity contribution >= 4 is 18.3 Å². The van der Waals surface area contributed by atoms with Gasteiger partial charge in [-0.15, -0.1) is 0 Å². The van der Waals surface area contributed by atoms with Gasteiger partial charge < -0.3 is 4.74 Å². The van der Waals surface area contributed by atoms with Gasteiger partial charge in [0.1, 0.15) is 5.75 Å². The number of ether oxygens (including phenoxy) is 1. The molecule has 0 amide bonds. The first-order valence-electron chi connectivity index (χ1n) is 6.45. The number of nitro groups is 1. The Bertz CT molecular complexity index is 449. The standard InChI is InChI=1S/C14H21NO3S/c1-10(5-7-19)4-6-18-14-9-13(15(16)17)11(2)8-12(14)3/h8-10,19H,4-7H2,1-3H3. The molecule has 0 N–H and O–H groups in total. The van der Waals surface area contributed by atoms with Gasteiger partial charge in [-0.3, -0.25) is 10.1 Å². The van der Waals surface area contributed by atoms with E-state index in [2.05, 4.69) is 19.6 Å². The molecule has 1 unspecified atom stereocenters. The fourth-order valence-electron chi connectivity index (χ4n) is 1.91. The molecule has 0 heterocycles. The number of aryl methyl sites for hydroxylation is 2. The maximum Gasteiger partial charge on any atom is 0.276 e. The maximum absolute atomic E-state index is 10.9. The van der Waals surface area contributed by atoms with E-state index < -0.39 is 0 Å². The fraction of sp³-hybridized carbons (Fsp3) is 0.571. The molecule has 0 aliphatic heterocycles. The molecule has 1 aromatic carbocycles. The van der Waals surface area contributed by atoms with Crippen molar-refractivity contribution in [2.24, 2.45) is 5.92 Å². The summed E-state index contributed by atoms with van der Waals surface area (Å²) in [5.41, 5.74) is 1.72. The van der Waals surface area contributed by atoms with Gasteiger partial charge in [-0.05, 0) is 50.0 Å². The minimum atomic E-state index is -0.370. The third-order valence-corrected chi connectivity index (χ3v) is 3.44. The first-order chi connectivity index (χ1) is 8.95. The van der Waals surface area contributed by atoms with Crippen LogP contribution in [0, 0.1) is 29.9 Å².